The Morgan fingerprint density at radius 3 is 2.81 bits per heavy atom. The zero-order chi connectivity index (χ0) is 19.8. The van der Waals surface area contributed by atoms with Gasteiger partial charge in [0.2, 0.25) is 0 Å². The summed E-state index contributed by atoms with van der Waals surface area (Å²) in [6, 6.07) is 7.85. The molecule has 0 aliphatic carbocycles. The molecule has 0 bridgehead atoms. The second-order valence-corrected chi connectivity index (χ2v) is 7.10. The van der Waals surface area contributed by atoms with Crippen molar-refractivity contribution in [2.75, 3.05) is 6.61 Å². The van der Waals surface area contributed by atoms with E-state index in [0.717, 1.165) is 35.5 Å². The highest BCUT2D eigenvalue weighted by molar-refractivity contribution is 5.98. The summed E-state index contributed by atoms with van der Waals surface area (Å²) in [5.74, 6) is -0.0517. The number of aryl methyl sites for hydroxylation is 2. The number of esters is 1. The number of carbonyl (C=O) groups is 1. The van der Waals surface area contributed by atoms with E-state index in [0.29, 0.717) is 12.3 Å². The first-order valence-corrected chi connectivity index (χ1v) is 9.27. The van der Waals surface area contributed by atoms with E-state index >= 15 is 0 Å². The van der Waals surface area contributed by atoms with Crippen LogP contribution in [0.2, 0.25) is 0 Å². The summed E-state index contributed by atoms with van der Waals surface area (Å²) < 4.78 is 7.49. The van der Waals surface area contributed by atoms with Gasteiger partial charge in [0.05, 0.1) is 6.61 Å². The minimum absolute atomic E-state index is 0.0289. The van der Waals surface area contributed by atoms with Crippen molar-refractivity contribution in [1.29, 1.82) is 5.26 Å². The monoisotopic (exact) mass is 365 g/mol. The van der Waals surface area contributed by atoms with Gasteiger partial charge in [0.25, 0.3) is 0 Å². The molecule has 5 heteroatoms. The Labute approximate surface area is 161 Å². The molecule has 0 unspecified atom stereocenters. The molecule has 5 nitrogen and oxygen atoms in total. The lowest BCUT2D eigenvalue weighted by atomic mass is 10.1. The third kappa shape index (κ3) is 5.82. The first-order valence-electron chi connectivity index (χ1n) is 9.27. The van der Waals surface area contributed by atoms with Crippen LogP contribution in [0.5, 0.6) is 0 Å². The van der Waals surface area contributed by atoms with Crippen molar-refractivity contribution in [3.63, 3.8) is 0 Å². The maximum Gasteiger partial charge on any atom is 0.348 e. The number of ether oxygens (including phenoxy) is 1. The zero-order valence-corrected chi connectivity index (χ0v) is 16.5. The van der Waals surface area contributed by atoms with E-state index in [1.807, 2.05) is 38.1 Å². The first kappa shape index (κ1) is 20.4. The van der Waals surface area contributed by atoms with E-state index in [4.69, 9.17) is 4.74 Å². The summed E-state index contributed by atoms with van der Waals surface area (Å²) in [6.07, 6.45) is 6.63. The van der Waals surface area contributed by atoms with Gasteiger partial charge in [0, 0.05) is 30.3 Å². The molecule has 0 saturated heterocycles. The number of hydrogen-bond acceptors (Lipinski definition) is 4. The number of carbonyl (C=O) groups excluding carboxylic acids is 1. The van der Waals surface area contributed by atoms with Crippen LogP contribution >= 0.6 is 0 Å². The van der Waals surface area contributed by atoms with Gasteiger partial charge in [0.15, 0.2) is 0 Å². The molecule has 0 atom stereocenters. The molecule has 2 aromatic rings. The molecule has 0 aromatic carbocycles. The summed E-state index contributed by atoms with van der Waals surface area (Å²) >= 11 is 0. The number of nitriles is 1. The molecular weight excluding hydrogens is 338 g/mol. The Bertz CT molecular complexity index is 842. The predicted molar refractivity (Wildman–Crippen MR) is 106 cm³/mol. The van der Waals surface area contributed by atoms with Crippen molar-refractivity contribution in [3.05, 3.63) is 58.7 Å². The van der Waals surface area contributed by atoms with Gasteiger partial charge in [-0.3, -0.25) is 4.98 Å². The maximum absolute atomic E-state index is 12.2. The van der Waals surface area contributed by atoms with Gasteiger partial charge < -0.3 is 9.30 Å². The maximum atomic E-state index is 12.2. The number of hydrogen-bond donors (Lipinski definition) is 0. The average molecular weight is 365 g/mol. The van der Waals surface area contributed by atoms with Crippen molar-refractivity contribution < 1.29 is 9.53 Å². The molecule has 0 fully saturated rings. The van der Waals surface area contributed by atoms with Gasteiger partial charge >= 0.3 is 5.97 Å². The lowest BCUT2D eigenvalue weighted by Crippen LogP contribution is -2.09. The standard InChI is InChI=1S/C22H27N3O2/c1-16(2)15-25-17(3)11-20(18(25)4)12-21(13-23)22(26)27-10-6-8-19-7-5-9-24-14-19/h5,7,9,11-12,14,16H,6,8,10,15H2,1-4H3/b21-12-. The van der Waals surface area contributed by atoms with Crippen LogP contribution in [-0.4, -0.2) is 22.1 Å². The van der Waals surface area contributed by atoms with Gasteiger partial charge in [-0.25, -0.2) is 4.79 Å². The van der Waals surface area contributed by atoms with Crippen LogP contribution in [0.4, 0.5) is 0 Å². The highest BCUT2D eigenvalue weighted by Crippen LogP contribution is 2.20. The normalized spacial score (nSPS) is 11.5. The van der Waals surface area contributed by atoms with Crippen molar-refractivity contribution in [3.8, 4) is 6.07 Å². The second-order valence-electron chi connectivity index (χ2n) is 7.10. The highest BCUT2D eigenvalue weighted by Gasteiger charge is 2.14. The van der Waals surface area contributed by atoms with Crippen molar-refractivity contribution in [2.24, 2.45) is 5.92 Å². The van der Waals surface area contributed by atoms with Gasteiger partial charge in [-0.2, -0.15) is 5.26 Å². The summed E-state index contributed by atoms with van der Waals surface area (Å²) in [6.45, 7) is 9.56. The molecule has 0 amide bonds. The Morgan fingerprint density at radius 2 is 2.19 bits per heavy atom. The van der Waals surface area contributed by atoms with E-state index in [-0.39, 0.29) is 12.2 Å². The van der Waals surface area contributed by atoms with E-state index in [9.17, 15) is 10.1 Å². The van der Waals surface area contributed by atoms with Crippen LogP contribution in [-0.2, 0) is 22.5 Å². The molecule has 0 radical (unpaired) electrons. The van der Waals surface area contributed by atoms with E-state index in [2.05, 4.69) is 23.4 Å². The smallest absolute Gasteiger partial charge is 0.348 e. The Kier molecular flexibility index (Phi) is 7.36. The number of nitrogens with zero attached hydrogens (tertiary/aromatic N) is 3. The van der Waals surface area contributed by atoms with Gasteiger partial charge in [0.1, 0.15) is 11.6 Å². The van der Waals surface area contributed by atoms with E-state index < -0.39 is 5.97 Å². The minimum Gasteiger partial charge on any atom is -0.462 e. The molecule has 0 aliphatic heterocycles. The lowest BCUT2D eigenvalue weighted by molar-refractivity contribution is -0.138. The average Bonchev–Trinajstić information content (AvgIpc) is 2.91. The molecule has 0 N–H and O–H groups in total. The van der Waals surface area contributed by atoms with Crippen LogP contribution in [0.1, 0.15) is 42.8 Å². The van der Waals surface area contributed by atoms with Crippen LogP contribution in [0, 0.1) is 31.1 Å². The van der Waals surface area contributed by atoms with Crippen molar-refractivity contribution in [1.82, 2.24) is 9.55 Å². The fraction of sp³-hybridized carbons (Fsp3) is 0.409. The topological polar surface area (TPSA) is 67.9 Å². The predicted octanol–water partition coefficient (Wildman–Crippen LogP) is 4.24. The molecule has 2 rings (SSSR count). The van der Waals surface area contributed by atoms with Crippen molar-refractivity contribution in [2.45, 2.75) is 47.1 Å². The van der Waals surface area contributed by atoms with Crippen LogP contribution in [0.3, 0.4) is 0 Å². The summed E-state index contributed by atoms with van der Waals surface area (Å²) in [7, 11) is 0. The molecule has 0 saturated carbocycles. The quantitative estimate of drug-likeness (QED) is 0.304. The molecular formula is C22H27N3O2. The van der Waals surface area contributed by atoms with Crippen LogP contribution in [0.15, 0.2) is 36.2 Å². The zero-order valence-electron chi connectivity index (χ0n) is 16.5. The fourth-order valence-corrected chi connectivity index (χ4v) is 2.98. The first-order chi connectivity index (χ1) is 12.9. The molecule has 0 spiro atoms. The third-order valence-electron chi connectivity index (χ3n) is 4.37. The molecule has 2 aromatic heterocycles. The third-order valence-corrected chi connectivity index (χ3v) is 4.37. The number of pyridine rings is 1. The number of rotatable bonds is 8. The van der Waals surface area contributed by atoms with Crippen molar-refractivity contribution >= 4 is 12.0 Å². The van der Waals surface area contributed by atoms with Crippen LogP contribution in [0.25, 0.3) is 6.08 Å². The summed E-state index contributed by atoms with van der Waals surface area (Å²) in [5, 5.41) is 9.37. The van der Waals surface area contributed by atoms with E-state index in [1.165, 1.54) is 0 Å². The molecule has 0 aliphatic rings. The largest absolute Gasteiger partial charge is 0.462 e. The van der Waals surface area contributed by atoms with Gasteiger partial charge in [-0.1, -0.05) is 19.9 Å². The van der Waals surface area contributed by atoms with E-state index in [1.54, 1.807) is 18.5 Å². The number of aromatic nitrogens is 2. The van der Waals surface area contributed by atoms with Gasteiger partial charge in [-0.05, 0) is 61.9 Å². The highest BCUT2D eigenvalue weighted by atomic mass is 16.5. The molecule has 2 heterocycles. The lowest BCUT2D eigenvalue weighted by Gasteiger charge is -2.12. The molecule has 27 heavy (non-hydrogen) atoms. The SMILES string of the molecule is Cc1cc(/C=C(/C#N)C(=O)OCCCc2cccnc2)c(C)n1CC(C)C. The minimum atomic E-state index is -0.572. The Hall–Kier alpha value is -2.87. The Balaban J connectivity index is 1.99. The second kappa shape index (κ2) is 9.72. The summed E-state index contributed by atoms with van der Waals surface area (Å²) in [5.41, 5.74) is 4.19. The van der Waals surface area contributed by atoms with Crippen LogP contribution < -0.4 is 0 Å². The molecule has 142 valence electrons. The van der Waals surface area contributed by atoms with Gasteiger partial charge in [-0.15, -0.1) is 0 Å². The summed E-state index contributed by atoms with van der Waals surface area (Å²) in [4.78, 5) is 16.3. The Morgan fingerprint density at radius 1 is 1.41 bits per heavy atom. The fourth-order valence-electron chi connectivity index (χ4n) is 2.98.